The Morgan fingerprint density at radius 1 is 1.64 bits per heavy atom. The zero-order valence-corrected chi connectivity index (χ0v) is 9.14. The number of hydrogen-bond acceptors (Lipinski definition) is 4. The van der Waals surface area contributed by atoms with Crippen molar-refractivity contribution in [2.75, 3.05) is 13.7 Å². The first-order valence-electron chi connectivity index (χ1n) is 4.96. The molecule has 1 aromatic rings. The summed E-state index contributed by atoms with van der Waals surface area (Å²) in [5, 5.41) is 10.8. The topological polar surface area (TPSA) is 42.4 Å². The van der Waals surface area contributed by atoms with Crippen LogP contribution in [0.25, 0.3) is 0 Å². The van der Waals surface area contributed by atoms with Gasteiger partial charge in [0.25, 0.3) is 0 Å². The van der Waals surface area contributed by atoms with Crippen molar-refractivity contribution < 1.29 is 9.84 Å². The molecule has 0 aliphatic heterocycles. The van der Waals surface area contributed by atoms with E-state index in [1.807, 2.05) is 0 Å². The van der Waals surface area contributed by atoms with Crippen LogP contribution < -0.4 is 0 Å². The molecule has 1 aliphatic rings. The summed E-state index contributed by atoms with van der Waals surface area (Å²) < 4.78 is 5.01. The van der Waals surface area contributed by atoms with Gasteiger partial charge in [0.1, 0.15) is 0 Å². The maximum Gasteiger partial charge on any atom is 0.0955 e. The van der Waals surface area contributed by atoms with E-state index in [4.69, 9.17) is 4.74 Å². The Morgan fingerprint density at radius 3 is 3.21 bits per heavy atom. The Labute approximate surface area is 87.7 Å². The summed E-state index contributed by atoms with van der Waals surface area (Å²) in [5.74, 6) is 0. The van der Waals surface area contributed by atoms with Crippen LogP contribution in [0.5, 0.6) is 0 Å². The lowest BCUT2D eigenvalue weighted by Crippen LogP contribution is -2.06. The van der Waals surface area contributed by atoms with Gasteiger partial charge in [0.15, 0.2) is 0 Å². The third-order valence-corrected chi connectivity index (χ3v) is 3.74. The van der Waals surface area contributed by atoms with E-state index < -0.39 is 0 Å². The Kier molecular flexibility index (Phi) is 3.15. The van der Waals surface area contributed by atoms with Gasteiger partial charge >= 0.3 is 0 Å². The molecular formula is C10H15NO2S. The van der Waals surface area contributed by atoms with Crippen molar-refractivity contribution in [3.05, 3.63) is 15.6 Å². The number of ether oxygens (including phenoxy) is 1. The first kappa shape index (κ1) is 10.1. The largest absolute Gasteiger partial charge is 0.388 e. The highest BCUT2D eigenvalue weighted by Gasteiger charge is 2.22. The number of aliphatic hydroxyl groups is 1. The van der Waals surface area contributed by atoms with Crippen LogP contribution in [-0.2, 0) is 17.6 Å². The summed E-state index contributed by atoms with van der Waals surface area (Å²) >= 11 is 1.64. The zero-order chi connectivity index (χ0) is 9.97. The van der Waals surface area contributed by atoms with E-state index in [-0.39, 0.29) is 6.10 Å². The second-order valence-corrected chi connectivity index (χ2v) is 4.68. The SMILES string of the molecule is COCCc1nc2c(s1)C(O)CCC2. The van der Waals surface area contributed by atoms with Crippen molar-refractivity contribution in [1.29, 1.82) is 0 Å². The molecule has 0 saturated heterocycles. The molecule has 1 heterocycles. The van der Waals surface area contributed by atoms with Crippen LogP contribution in [0.3, 0.4) is 0 Å². The van der Waals surface area contributed by atoms with Gasteiger partial charge < -0.3 is 9.84 Å². The minimum Gasteiger partial charge on any atom is -0.388 e. The summed E-state index contributed by atoms with van der Waals surface area (Å²) in [4.78, 5) is 5.60. The minimum atomic E-state index is -0.271. The molecule has 0 amide bonds. The minimum absolute atomic E-state index is 0.271. The Hall–Kier alpha value is -0.450. The van der Waals surface area contributed by atoms with Crippen molar-refractivity contribution in [3.8, 4) is 0 Å². The Balaban J connectivity index is 2.13. The quantitative estimate of drug-likeness (QED) is 0.831. The normalized spacial score (nSPS) is 20.9. The number of hydrogen-bond donors (Lipinski definition) is 1. The van der Waals surface area contributed by atoms with Crippen LogP contribution >= 0.6 is 11.3 Å². The number of methoxy groups -OCH3 is 1. The molecule has 1 aliphatic carbocycles. The molecule has 78 valence electrons. The second-order valence-electron chi connectivity index (χ2n) is 3.57. The molecule has 0 radical (unpaired) electrons. The highest BCUT2D eigenvalue weighted by atomic mass is 32.1. The van der Waals surface area contributed by atoms with Crippen LogP contribution in [0.2, 0.25) is 0 Å². The predicted molar refractivity (Wildman–Crippen MR) is 55.6 cm³/mol. The number of nitrogens with zero attached hydrogens (tertiary/aromatic N) is 1. The standard InChI is InChI=1S/C10H15NO2S/c1-13-6-5-9-11-7-3-2-4-8(12)10(7)14-9/h8,12H,2-6H2,1H3. The van der Waals surface area contributed by atoms with Gasteiger partial charge in [0, 0.05) is 13.5 Å². The Bertz CT molecular complexity index is 311. The van der Waals surface area contributed by atoms with E-state index in [2.05, 4.69) is 4.98 Å². The number of fused-ring (bicyclic) bond motifs is 1. The summed E-state index contributed by atoms with van der Waals surface area (Å²) in [5.41, 5.74) is 1.11. The first-order valence-corrected chi connectivity index (χ1v) is 5.78. The molecule has 4 heteroatoms. The van der Waals surface area contributed by atoms with Gasteiger partial charge in [0.05, 0.1) is 28.3 Å². The number of aryl methyl sites for hydroxylation is 1. The summed E-state index contributed by atoms with van der Waals surface area (Å²) in [6.07, 6.45) is 3.56. The molecular weight excluding hydrogens is 198 g/mol. The van der Waals surface area contributed by atoms with Crippen molar-refractivity contribution >= 4 is 11.3 Å². The molecule has 0 aromatic carbocycles. The lowest BCUT2D eigenvalue weighted by Gasteiger charge is -2.14. The van der Waals surface area contributed by atoms with Gasteiger partial charge in [-0.3, -0.25) is 0 Å². The van der Waals surface area contributed by atoms with Crippen molar-refractivity contribution in [2.24, 2.45) is 0 Å². The van der Waals surface area contributed by atoms with Crippen molar-refractivity contribution in [1.82, 2.24) is 4.98 Å². The first-order chi connectivity index (χ1) is 6.81. The van der Waals surface area contributed by atoms with E-state index in [0.717, 1.165) is 41.3 Å². The maximum absolute atomic E-state index is 9.74. The molecule has 1 atom stereocenters. The lowest BCUT2D eigenvalue weighted by atomic mass is 10.0. The fourth-order valence-electron chi connectivity index (χ4n) is 1.74. The van der Waals surface area contributed by atoms with Crippen LogP contribution in [0.4, 0.5) is 0 Å². The molecule has 0 saturated carbocycles. The lowest BCUT2D eigenvalue weighted by molar-refractivity contribution is 0.160. The molecule has 1 unspecified atom stereocenters. The third-order valence-electron chi connectivity index (χ3n) is 2.49. The van der Waals surface area contributed by atoms with Gasteiger partial charge in [-0.05, 0) is 19.3 Å². The van der Waals surface area contributed by atoms with Crippen LogP contribution in [0.1, 0.15) is 34.5 Å². The fourth-order valence-corrected chi connectivity index (χ4v) is 2.86. The van der Waals surface area contributed by atoms with Crippen LogP contribution in [-0.4, -0.2) is 23.8 Å². The zero-order valence-electron chi connectivity index (χ0n) is 8.32. The highest BCUT2D eigenvalue weighted by molar-refractivity contribution is 7.11. The molecule has 0 bridgehead atoms. The molecule has 1 N–H and O–H groups in total. The van der Waals surface area contributed by atoms with Crippen molar-refractivity contribution in [3.63, 3.8) is 0 Å². The van der Waals surface area contributed by atoms with Gasteiger partial charge in [-0.15, -0.1) is 11.3 Å². The van der Waals surface area contributed by atoms with E-state index >= 15 is 0 Å². The maximum atomic E-state index is 9.74. The molecule has 1 aromatic heterocycles. The van der Waals surface area contributed by atoms with E-state index in [9.17, 15) is 5.11 Å². The average molecular weight is 213 g/mol. The summed E-state index contributed by atoms with van der Waals surface area (Å²) in [6, 6.07) is 0. The number of aromatic nitrogens is 1. The predicted octanol–water partition coefficient (Wildman–Crippen LogP) is 1.70. The van der Waals surface area contributed by atoms with E-state index in [0.29, 0.717) is 6.61 Å². The second kappa shape index (κ2) is 4.38. The average Bonchev–Trinajstić information content (AvgIpc) is 2.59. The summed E-state index contributed by atoms with van der Waals surface area (Å²) in [7, 11) is 1.70. The molecule has 0 spiro atoms. The third kappa shape index (κ3) is 1.97. The van der Waals surface area contributed by atoms with Gasteiger partial charge in [-0.1, -0.05) is 0 Å². The molecule has 2 rings (SSSR count). The van der Waals surface area contributed by atoms with Gasteiger partial charge in [0.2, 0.25) is 0 Å². The van der Waals surface area contributed by atoms with Crippen LogP contribution in [0, 0.1) is 0 Å². The summed E-state index contributed by atoms with van der Waals surface area (Å²) in [6.45, 7) is 0.711. The Morgan fingerprint density at radius 2 is 2.50 bits per heavy atom. The van der Waals surface area contributed by atoms with Crippen molar-refractivity contribution in [2.45, 2.75) is 31.8 Å². The molecule has 0 fully saturated rings. The number of aliphatic hydroxyl groups excluding tert-OH is 1. The smallest absolute Gasteiger partial charge is 0.0955 e. The van der Waals surface area contributed by atoms with E-state index in [1.54, 1.807) is 18.4 Å². The molecule has 14 heavy (non-hydrogen) atoms. The number of rotatable bonds is 3. The number of thiazole rings is 1. The molecule has 3 nitrogen and oxygen atoms in total. The highest BCUT2D eigenvalue weighted by Crippen LogP contribution is 2.33. The van der Waals surface area contributed by atoms with E-state index in [1.165, 1.54) is 0 Å². The monoisotopic (exact) mass is 213 g/mol. The van der Waals surface area contributed by atoms with Crippen LogP contribution in [0.15, 0.2) is 0 Å². The van der Waals surface area contributed by atoms with Gasteiger partial charge in [-0.25, -0.2) is 4.98 Å². The fraction of sp³-hybridized carbons (Fsp3) is 0.700. The van der Waals surface area contributed by atoms with Gasteiger partial charge in [-0.2, -0.15) is 0 Å².